The van der Waals surface area contributed by atoms with Crippen molar-refractivity contribution in [2.24, 2.45) is 0 Å². The number of anilines is 1. The van der Waals surface area contributed by atoms with E-state index < -0.39 is 0 Å². The average Bonchev–Trinajstić information content (AvgIpc) is 3.07. The van der Waals surface area contributed by atoms with Gasteiger partial charge >= 0.3 is 0 Å². The number of rotatable bonds is 6. The molecule has 0 atom stereocenters. The first kappa shape index (κ1) is 17.2. The summed E-state index contributed by atoms with van der Waals surface area (Å²) in [6.07, 6.45) is 4.64. The van der Waals surface area contributed by atoms with E-state index >= 15 is 0 Å². The molecule has 3 aromatic rings. The standard InChI is InChI=1S/C19H18BrN3O2/c1-25-16-9-6-14(7-10-16)8-11-19(24)22-17-4-2-3-5-18(17)23-13-15(20)12-21-23/h2-7,9-10,12-13H,8,11H2,1H3,(H,22,24). The van der Waals surface area contributed by atoms with E-state index in [-0.39, 0.29) is 5.91 Å². The van der Waals surface area contributed by atoms with Gasteiger partial charge in [-0.3, -0.25) is 4.79 Å². The maximum absolute atomic E-state index is 12.3. The zero-order valence-electron chi connectivity index (χ0n) is 13.8. The van der Waals surface area contributed by atoms with Crippen molar-refractivity contribution >= 4 is 27.5 Å². The summed E-state index contributed by atoms with van der Waals surface area (Å²) in [5.41, 5.74) is 2.66. The van der Waals surface area contributed by atoms with E-state index in [9.17, 15) is 4.79 Å². The first-order valence-electron chi connectivity index (χ1n) is 7.88. The molecule has 0 radical (unpaired) electrons. The largest absolute Gasteiger partial charge is 0.497 e. The second kappa shape index (κ2) is 7.98. The first-order chi connectivity index (χ1) is 12.2. The molecule has 0 spiro atoms. The van der Waals surface area contributed by atoms with Gasteiger partial charge in [0.2, 0.25) is 5.91 Å². The highest BCUT2D eigenvalue weighted by Gasteiger charge is 2.09. The number of carbonyl (C=O) groups is 1. The van der Waals surface area contributed by atoms with Gasteiger partial charge in [-0.25, -0.2) is 4.68 Å². The number of aromatic nitrogens is 2. The predicted octanol–water partition coefficient (Wildman–Crippen LogP) is 4.21. The second-order valence-electron chi connectivity index (χ2n) is 5.52. The summed E-state index contributed by atoms with van der Waals surface area (Å²) in [4.78, 5) is 12.3. The number of hydrogen-bond donors (Lipinski definition) is 1. The monoisotopic (exact) mass is 399 g/mol. The second-order valence-corrected chi connectivity index (χ2v) is 6.43. The molecule has 0 saturated carbocycles. The predicted molar refractivity (Wildman–Crippen MR) is 101 cm³/mol. The number of amides is 1. The summed E-state index contributed by atoms with van der Waals surface area (Å²) < 4.78 is 7.75. The molecule has 1 amide bonds. The minimum atomic E-state index is -0.0329. The molecular formula is C19H18BrN3O2. The van der Waals surface area contributed by atoms with Gasteiger partial charge in [0, 0.05) is 12.6 Å². The fourth-order valence-corrected chi connectivity index (χ4v) is 2.76. The molecule has 0 bridgehead atoms. The summed E-state index contributed by atoms with van der Waals surface area (Å²) in [6.45, 7) is 0. The van der Waals surface area contributed by atoms with Gasteiger partial charge in [0.1, 0.15) is 5.75 Å². The highest BCUT2D eigenvalue weighted by molar-refractivity contribution is 9.10. The van der Waals surface area contributed by atoms with Crippen molar-refractivity contribution in [3.8, 4) is 11.4 Å². The Morgan fingerprint density at radius 3 is 2.64 bits per heavy atom. The Morgan fingerprint density at radius 1 is 1.20 bits per heavy atom. The van der Waals surface area contributed by atoms with Crippen LogP contribution in [-0.2, 0) is 11.2 Å². The van der Waals surface area contributed by atoms with E-state index in [0.29, 0.717) is 12.8 Å². The van der Waals surface area contributed by atoms with Crippen LogP contribution in [0.4, 0.5) is 5.69 Å². The van der Waals surface area contributed by atoms with Gasteiger partial charge in [-0.2, -0.15) is 5.10 Å². The highest BCUT2D eigenvalue weighted by Crippen LogP contribution is 2.21. The number of benzene rings is 2. The number of aryl methyl sites for hydroxylation is 1. The number of para-hydroxylation sites is 2. The number of carbonyl (C=O) groups excluding carboxylic acids is 1. The van der Waals surface area contributed by atoms with Gasteiger partial charge in [-0.05, 0) is 52.2 Å². The van der Waals surface area contributed by atoms with E-state index in [1.807, 2.05) is 54.7 Å². The molecule has 6 heteroatoms. The topological polar surface area (TPSA) is 56.1 Å². The SMILES string of the molecule is COc1ccc(CCC(=O)Nc2ccccc2-n2cc(Br)cn2)cc1. The molecule has 128 valence electrons. The van der Waals surface area contributed by atoms with E-state index in [0.717, 1.165) is 27.2 Å². The zero-order chi connectivity index (χ0) is 17.6. The number of ether oxygens (including phenoxy) is 1. The molecule has 0 aliphatic carbocycles. The van der Waals surface area contributed by atoms with Gasteiger partial charge < -0.3 is 10.1 Å². The number of nitrogens with one attached hydrogen (secondary N) is 1. The Balaban J connectivity index is 1.65. The molecule has 0 fully saturated rings. The third-order valence-corrected chi connectivity index (χ3v) is 4.19. The van der Waals surface area contributed by atoms with Crippen molar-refractivity contribution in [1.29, 1.82) is 0 Å². The van der Waals surface area contributed by atoms with Crippen LogP contribution in [0.25, 0.3) is 5.69 Å². The van der Waals surface area contributed by atoms with Crippen LogP contribution in [-0.4, -0.2) is 22.8 Å². The molecule has 25 heavy (non-hydrogen) atoms. The highest BCUT2D eigenvalue weighted by atomic mass is 79.9. The van der Waals surface area contributed by atoms with Crippen molar-refractivity contribution in [2.75, 3.05) is 12.4 Å². The van der Waals surface area contributed by atoms with Gasteiger partial charge in [-0.15, -0.1) is 0 Å². The Morgan fingerprint density at radius 2 is 1.96 bits per heavy atom. The van der Waals surface area contributed by atoms with Gasteiger partial charge in [0.25, 0.3) is 0 Å². The van der Waals surface area contributed by atoms with Gasteiger partial charge in [0.15, 0.2) is 0 Å². The van der Waals surface area contributed by atoms with Crippen LogP contribution in [0.15, 0.2) is 65.4 Å². The Kier molecular flexibility index (Phi) is 5.50. The maximum Gasteiger partial charge on any atom is 0.224 e. The average molecular weight is 400 g/mol. The molecule has 1 heterocycles. The summed E-state index contributed by atoms with van der Waals surface area (Å²) in [7, 11) is 1.64. The van der Waals surface area contributed by atoms with E-state index in [2.05, 4.69) is 26.3 Å². The summed E-state index contributed by atoms with van der Waals surface area (Å²) in [5, 5.41) is 7.24. The van der Waals surface area contributed by atoms with Crippen molar-refractivity contribution in [3.63, 3.8) is 0 Å². The summed E-state index contributed by atoms with van der Waals surface area (Å²) in [6, 6.07) is 15.3. The van der Waals surface area contributed by atoms with Crippen LogP contribution < -0.4 is 10.1 Å². The van der Waals surface area contributed by atoms with Crippen LogP contribution in [0.3, 0.4) is 0 Å². The molecule has 0 unspecified atom stereocenters. The van der Waals surface area contributed by atoms with Crippen LogP contribution in [0.5, 0.6) is 5.75 Å². The lowest BCUT2D eigenvalue weighted by Gasteiger charge is -2.11. The summed E-state index contributed by atoms with van der Waals surface area (Å²) >= 11 is 3.39. The Labute approximate surface area is 154 Å². The van der Waals surface area contributed by atoms with Gasteiger partial charge in [-0.1, -0.05) is 24.3 Å². The molecular weight excluding hydrogens is 382 g/mol. The lowest BCUT2D eigenvalue weighted by molar-refractivity contribution is -0.116. The Hall–Kier alpha value is -2.60. The Bertz CT molecular complexity index is 859. The van der Waals surface area contributed by atoms with Gasteiger partial charge in [0.05, 0.1) is 29.2 Å². The van der Waals surface area contributed by atoms with Crippen LogP contribution >= 0.6 is 15.9 Å². The lowest BCUT2D eigenvalue weighted by atomic mass is 10.1. The molecule has 1 N–H and O–H groups in total. The van der Waals surface area contributed by atoms with Crippen LogP contribution in [0.1, 0.15) is 12.0 Å². The molecule has 1 aromatic heterocycles. The molecule has 2 aromatic carbocycles. The van der Waals surface area contributed by atoms with E-state index in [1.54, 1.807) is 18.0 Å². The lowest BCUT2D eigenvalue weighted by Crippen LogP contribution is -2.14. The number of methoxy groups -OCH3 is 1. The fraction of sp³-hybridized carbons (Fsp3) is 0.158. The molecule has 0 aliphatic heterocycles. The van der Waals surface area contributed by atoms with E-state index in [4.69, 9.17) is 4.74 Å². The first-order valence-corrected chi connectivity index (χ1v) is 8.67. The smallest absolute Gasteiger partial charge is 0.224 e. The number of hydrogen-bond acceptors (Lipinski definition) is 3. The third-order valence-electron chi connectivity index (χ3n) is 3.78. The minimum absolute atomic E-state index is 0.0329. The number of nitrogens with zero attached hydrogens (tertiary/aromatic N) is 2. The third kappa shape index (κ3) is 4.48. The fourth-order valence-electron chi connectivity index (χ4n) is 2.47. The molecule has 0 aliphatic rings. The quantitative estimate of drug-likeness (QED) is 0.674. The molecule has 5 nitrogen and oxygen atoms in total. The minimum Gasteiger partial charge on any atom is -0.497 e. The summed E-state index contributed by atoms with van der Waals surface area (Å²) in [5.74, 6) is 0.780. The zero-order valence-corrected chi connectivity index (χ0v) is 15.4. The molecule has 0 saturated heterocycles. The molecule has 3 rings (SSSR count). The van der Waals surface area contributed by atoms with Crippen molar-refractivity contribution in [1.82, 2.24) is 9.78 Å². The normalized spacial score (nSPS) is 10.5. The van der Waals surface area contributed by atoms with Crippen LogP contribution in [0, 0.1) is 0 Å². The van der Waals surface area contributed by atoms with Crippen molar-refractivity contribution < 1.29 is 9.53 Å². The number of halogens is 1. The van der Waals surface area contributed by atoms with Crippen LogP contribution in [0.2, 0.25) is 0 Å². The van der Waals surface area contributed by atoms with Crippen molar-refractivity contribution in [2.45, 2.75) is 12.8 Å². The van der Waals surface area contributed by atoms with Crippen molar-refractivity contribution in [3.05, 3.63) is 71.0 Å². The van der Waals surface area contributed by atoms with E-state index in [1.165, 1.54) is 0 Å². The maximum atomic E-state index is 12.3.